The molecule has 0 spiro atoms. The number of rotatable bonds is 6. The van der Waals surface area contributed by atoms with Gasteiger partial charge in [0.15, 0.2) is 0 Å². The molecule has 1 aliphatic rings. The number of aliphatic carboxylic acids is 1. The van der Waals surface area contributed by atoms with Gasteiger partial charge in [-0.1, -0.05) is 12.1 Å². The van der Waals surface area contributed by atoms with Crippen LogP contribution in [0.4, 0.5) is 5.69 Å². The second kappa shape index (κ2) is 7.67. The fourth-order valence-electron chi connectivity index (χ4n) is 3.22. The Kier molecular flexibility index (Phi) is 4.89. The van der Waals surface area contributed by atoms with Gasteiger partial charge in [-0.15, -0.1) is 0 Å². The van der Waals surface area contributed by atoms with Crippen molar-refractivity contribution in [3.8, 4) is 0 Å². The molecule has 2 heterocycles. The van der Waals surface area contributed by atoms with Gasteiger partial charge in [0, 0.05) is 11.3 Å². The highest BCUT2D eigenvalue weighted by Crippen LogP contribution is 2.26. The summed E-state index contributed by atoms with van der Waals surface area (Å²) in [7, 11) is 0. The minimum absolute atomic E-state index is 0.0174. The summed E-state index contributed by atoms with van der Waals surface area (Å²) >= 11 is 0. The summed E-state index contributed by atoms with van der Waals surface area (Å²) in [6.45, 7) is 0.0174. The average Bonchev–Trinajstić information content (AvgIpc) is 3.32. The third-order valence-corrected chi connectivity index (χ3v) is 4.69. The van der Waals surface area contributed by atoms with E-state index < -0.39 is 23.7 Å². The first kappa shape index (κ1) is 19.1. The van der Waals surface area contributed by atoms with E-state index in [-0.39, 0.29) is 29.7 Å². The van der Waals surface area contributed by atoms with Crippen molar-refractivity contribution in [1.82, 2.24) is 4.90 Å². The van der Waals surface area contributed by atoms with Crippen LogP contribution in [0.25, 0.3) is 0 Å². The van der Waals surface area contributed by atoms with E-state index in [0.717, 1.165) is 4.90 Å². The predicted molar refractivity (Wildman–Crippen MR) is 105 cm³/mol. The van der Waals surface area contributed by atoms with Crippen molar-refractivity contribution < 1.29 is 28.7 Å². The van der Waals surface area contributed by atoms with E-state index >= 15 is 0 Å². The summed E-state index contributed by atoms with van der Waals surface area (Å²) in [4.78, 5) is 49.6. The van der Waals surface area contributed by atoms with Gasteiger partial charge in [0.25, 0.3) is 17.7 Å². The van der Waals surface area contributed by atoms with Crippen LogP contribution in [0.5, 0.6) is 0 Å². The maximum absolute atomic E-state index is 12.7. The molecule has 0 saturated carbocycles. The van der Waals surface area contributed by atoms with E-state index in [0.29, 0.717) is 17.0 Å². The van der Waals surface area contributed by atoms with Gasteiger partial charge in [0.05, 0.1) is 30.4 Å². The highest BCUT2D eigenvalue weighted by atomic mass is 16.4. The summed E-state index contributed by atoms with van der Waals surface area (Å²) in [5.41, 5.74) is 1.72. The highest BCUT2D eigenvalue weighted by molar-refractivity contribution is 6.22. The summed E-state index contributed by atoms with van der Waals surface area (Å²) in [5, 5.41) is 11.5. The van der Waals surface area contributed by atoms with Crippen molar-refractivity contribution in [2.24, 2.45) is 0 Å². The van der Waals surface area contributed by atoms with Crippen LogP contribution in [0.15, 0.2) is 65.3 Å². The van der Waals surface area contributed by atoms with Crippen LogP contribution in [0, 0.1) is 0 Å². The zero-order valence-electron chi connectivity index (χ0n) is 15.6. The van der Waals surface area contributed by atoms with Gasteiger partial charge in [-0.25, -0.2) is 0 Å². The van der Waals surface area contributed by atoms with E-state index in [1.807, 2.05) is 0 Å². The van der Waals surface area contributed by atoms with Crippen LogP contribution in [0.3, 0.4) is 0 Å². The molecule has 0 aliphatic carbocycles. The molecule has 2 aromatic carbocycles. The number of carboxylic acids is 1. The number of hydrogen-bond acceptors (Lipinski definition) is 5. The van der Waals surface area contributed by atoms with E-state index in [1.54, 1.807) is 36.4 Å². The summed E-state index contributed by atoms with van der Waals surface area (Å²) < 4.78 is 5.21. The number of carboxylic acid groups (broad SMARTS) is 1. The molecule has 3 amide bonds. The number of fused-ring (bicyclic) bond motifs is 1. The van der Waals surface area contributed by atoms with Gasteiger partial charge in [-0.3, -0.25) is 24.1 Å². The van der Waals surface area contributed by atoms with Crippen LogP contribution >= 0.6 is 0 Å². The number of anilines is 1. The Morgan fingerprint density at radius 3 is 2.37 bits per heavy atom. The normalized spacial score (nSPS) is 12.7. The molecule has 0 unspecified atom stereocenters. The number of carbonyl (C=O) groups excluding carboxylic acids is 3. The lowest BCUT2D eigenvalue weighted by molar-refractivity contribution is -0.136. The molecule has 3 aromatic rings. The number of hydrogen-bond donors (Lipinski definition) is 2. The second-order valence-corrected chi connectivity index (χ2v) is 6.76. The van der Waals surface area contributed by atoms with Crippen molar-refractivity contribution >= 4 is 29.4 Å². The van der Waals surface area contributed by atoms with E-state index in [9.17, 15) is 19.2 Å². The van der Waals surface area contributed by atoms with Crippen LogP contribution < -0.4 is 5.32 Å². The number of benzene rings is 2. The van der Waals surface area contributed by atoms with Crippen LogP contribution in [0.1, 0.15) is 42.4 Å². The van der Waals surface area contributed by atoms with Gasteiger partial charge in [0.1, 0.15) is 5.76 Å². The fourth-order valence-corrected chi connectivity index (χ4v) is 3.22. The van der Waals surface area contributed by atoms with E-state index in [4.69, 9.17) is 9.52 Å². The predicted octanol–water partition coefficient (Wildman–Crippen LogP) is 2.96. The number of imide groups is 1. The number of nitrogens with one attached hydrogen (secondary N) is 1. The summed E-state index contributed by atoms with van der Waals surface area (Å²) in [6, 6.07) is 14.1. The molecular weight excluding hydrogens is 388 g/mol. The zero-order chi connectivity index (χ0) is 21.3. The standard InChI is InChI=1S/C22H16N2O6/c25-19(26)10-13-3-6-15(7-4-13)23-20(27)14-5-8-17-18(11-14)22(29)24(21(17)28)12-16-2-1-9-30-16/h1-9,11H,10,12H2,(H,23,27)(H,25,26). The number of furan rings is 1. The Morgan fingerprint density at radius 2 is 1.70 bits per heavy atom. The fraction of sp³-hybridized carbons (Fsp3) is 0.0909. The van der Waals surface area contributed by atoms with Crippen molar-refractivity contribution in [3.05, 3.63) is 88.9 Å². The highest BCUT2D eigenvalue weighted by Gasteiger charge is 2.36. The van der Waals surface area contributed by atoms with Crippen LogP contribution in [-0.2, 0) is 17.8 Å². The molecule has 0 bridgehead atoms. The maximum Gasteiger partial charge on any atom is 0.307 e. The van der Waals surface area contributed by atoms with Gasteiger partial charge in [-0.05, 0) is 48.0 Å². The first-order chi connectivity index (χ1) is 14.4. The Bertz CT molecular complexity index is 1150. The molecule has 0 atom stereocenters. The Labute approximate surface area is 170 Å². The summed E-state index contributed by atoms with van der Waals surface area (Å²) in [6.07, 6.45) is 1.36. The largest absolute Gasteiger partial charge is 0.481 e. The number of amides is 3. The van der Waals surface area contributed by atoms with Gasteiger partial charge < -0.3 is 14.8 Å². The molecule has 8 heteroatoms. The molecule has 1 aromatic heterocycles. The second-order valence-electron chi connectivity index (χ2n) is 6.76. The first-order valence-electron chi connectivity index (χ1n) is 9.07. The zero-order valence-corrected chi connectivity index (χ0v) is 15.6. The summed E-state index contributed by atoms with van der Waals surface area (Å²) in [5.74, 6) is -1.83. The van der Waals surface area contributed by atoms with Crippen molar-refractivity contribution in [3.63, 3.8) is 0 Å². The van der Waals surface area contributed by atoms with Gasteiger partial charge >= 0.3 is 5.97 Å². The Hall–Kier alpha value is -4.20. The lowest BCUT2D eigenvalue weighted by Gasteiger charge is -2.11. The maximum atomic E-state index is 12.7. The Balaban J connectivity index is 1.50. The van der Waals surface area contributed by atoms with Crippen LogP contribution in [0.2, 0.25) is 0 Å². The lowest BCUT2D eigenvalue weighted by atomic mass is 10.1. The number of carbonyl (C=O) groups is 4. The van der Waals surface area contributed by atoms with E-state index in [2.05, 4.69) is 5.32 Å². The molecule has 0 saturated heterocycles. The monoisotopic (exact) mass is 404 g/mol. The third kappa shape index (κ3) is 3.70. The third-order valence-electron chi connectivity index (χ3n) is 4.69. The molecule has 1 aliphatic heterocycles. The van der Waals surface area contributed by atoms with Gasteiger partial charge in [0.2, 0.25) is 0 Å². The SMILES string of the molecule is O=C(O)Cc1ccc(NC(=O)c2ccc3c(c2)C(=O)N(Cc2ccco2)C3=O)cc1. The average molecular weight is 404 g/mol. The molecule has 0 fully saturated rings. The topological polar surface area (TPSA) is 117 Å². The minimum atomic E-state index is -0.940. The quantitative estimate of drug-likeness (QED) is 0.610. The molecule has 8 nitrogen and oxygen atoms in total. The molecule has 0 radical (unpaired) electrons. The molecule has 30 heavy (non-hydrogen) atoms. The smallest absolute Gasteiger partial charge is 0.307 e. The molecular formula is C22H16N2O6. The van der Waals surface area contributed by atoms with E-state index in [1.165, 1.54) is 24.5 Å². The van der Waals surface area contributed by atoms with Gasteiger partial charge in [-0.2, -0.15) is 0 Å². The number of nitrogens with zero attached hydrogens (tertiary/aromatic N) is 1. The first-order valence-corrected chi connectivity index (χ1v) is 9.07. The van der Waals surface area contributed by atoms with Crippen molar-refractivity contribution in [2.45, 2.75) is 13.0 Å². The minimum Gasteiger partial charge on any atom is -0.481 e. The lowest BCUT2D eigenvalue weighted by Crippen LogP contribution is -2.28. The molecule has 2 N–H and O–H groups in total. The molecule has 150 valence electrons. The van der Waals surface area contributed by atoms with Crippen molar-refractivity contribution in [1.29, 1.82) is 0 Å². The van der Waals surface area contributed by atoms with Crippen molar-refractivity contribution in [2.75, 3.05) is 5.32 Å². The molecule has 4 rings (SSSR count). The van der Waals surface area contributed by atoms with Crippen LogP contribution in [-0.4, -0.2) is 33.7 Å². The Morgan fingerprint density at radius 1 is 0.967 bits per heavy atom.